The van der Waals surface area contributed by atoms with E-state index in [1.807, 2.05) is 6.92 Å². The molecule has 0 heterocycles. The lowest BCUT2D eigenvalue weighted by molar-refractivity contribution is 0.397. The molecule has 0 spiro atoms. The van der Waals surface area contributed by atoms with E-state index in [4.69, 9.17) is 15.5 Å². The van der Waals surface area contributed by atoms with Gasteiger partial charge in [0.05, 0.1) is 0 Å². The predicted octanol–water partition coefficient (Wildman–Crippen LogP) is -0.251. The van der Waals surface area contributed by atoms with Crippen molar-refractivity contribution in [2.45, 2.75) is 13.0 Å². The lowest BCUT2D eigenvalue weighted by atomic mass is 10.4. The Bertz CT molecular complexity index is 161. The second-order valence-electron chi connectivity index (χ2n) is 2.51. The van der Waals surface area contributed by atoms with Gasteiger partial charge in [-0.25, -0.2) is 4.57 Å². The molecule has 0 radical (unpaired) electrons. The van der Waals surface area contributed by atoms with Gasteiger partial charge in [0.15, 0.2) is 0 Å². The summed E-state index contributed by atoms with van der Waals surface area (Å²) in [5.41, 5.74) is 5.44. The molecule has 1 unspecified atom stereocenters. The zero-order valence-electron chi connectivity index (χ0n) is 6.93. The molecule has 0 saturated heterocycles. The molecular weight excluding hydrogens is 199 g/mol. The van der Waals surface area contributed by atoms with Gasteiger partial charge in [-0.3, -0.25) is 0 Å². The van der Waals surface area contributed by atoms with Gasteiger partial charge in [0, 0.05) is 24.9 Å². The number of hydrogen-bond donors (Lipinski definition) is 4. The molecule has 7 heteroatoms. The van der Waals surface area contributed by atoms with E-state index in [9.17, 15) is 4.57 Å². The first-order valence-corrected chi connectivity index (χ1v) is 6.78. The van der Waals surface area contributed by atoms with Gasteiger partial charge in [0.2, 0.25) is 0 Å². The first-order valence-electron chi connectivity index (χ1n) is 3.58. The van der Waals surface area contributed by atoms with Gasteiger partial charge in [-0.05, 0) is 18.3 Å². The van der Waals surface area contributed by atoms with Crippen molar-refractivity contribution in [1.82, 2.24) is 5.32 Å². The third-order valence-electron chi connectivity index (χ3n) is 1.00. The van der Waals surface area contributed by atoms with Gasteiger partial charge in [-0.1, -0.05) is 0 Å². The smallest absolute Gasteiger partial charge is 0.327 e. The largest absolute Gasteiger partial charge is 0.384 e. The van der Waals surface area contributed by atoms with Gasteiger partial charge >= 0.3 is 6.80 Å². The van der Waals surface area contributed by atoms with Crippen molar-refractivity contribution >= 4 is 18.2 Å². The molecule has 0 aromatic rings. The first-order chi connectivity index (χ1) is 5.42. The summed E-state index contributed by atoms with van der Waals surface area (Å²) in [6.07, 6.45) is 0. The van der Waals surface area contributed by atoms with Gasteiger partial charge in [0.25, 0.3) is 0 Å². The maximum Gasteiger partial charge on any atom is 0.384 e. The second kappa shape index (κ2) is 5.96. The molecule has 0 aliphatic rings. The van der Waals surface area contributed by atoms with Crippen LogP contribution in [0.25, 0.3) is 0 Å². The van der Waals surface area contributed by atoms with E-state index in [0.717, 1.165) is 0 Å². The quantitative estimate of drug-likeness (QED) is 0.360. The molecule has 5 nitrogen and oxygen atoms in total. The van der Waals surface area contributed by atoms with E-state index in [1.54, 1.807) is 0 Å². The molecule has 0 bridgehead atoms. The van der Waals surface area contributed by atoms with Gasteiger partial charge in [0.1, 0.15) is 0 Å². The Morgan fingerprint density at radius 1 is 1.67 bits per heavy atom. The lowest BCUT2D eigenvalue weighted by Crippen LogP contribution is -2.32. The minimum Gasteiger partial charge on any atom is -0.327 e. The van der Waals surface area contributed by atoms with Crippen LogP contribution in [0.15, 0.2) is 0 Å². The minimum absolute atomic E-state index is 0.0741. The van der Waals surface area contributed by atoms with E-state index < -0.39 is 6.80 Å². The summed E-state index contributed by atoms with van der Waals surface area (Å²) >= 11 is 0.649. The molecular formula is C5H15N2O3PS. The molecule has 0 aliphatic heterocycles. The van der Waals surface area contributed by atoms with Crippen LogP contribution in [0.2, 0.25) is 0 Å². The predicted molar refractivity (Wildman–Crippen MR) is 51.0 cm³/mol. The van der Waals surface area contributed by atoms with Crippen LogP contribution in [0, 0.1) is 0 Å². The molecule has 1 atom stereocenters. The number of rotatable bonds is 6. The molecule has 0 rings (SSSR count). The van der Waals surface area contributed by atoms with Crippen molar-refractivity contribution in [2.24, 2.45) is 5.73 Å². The Morgan fingerprint density at radius 2 is 2.25 bits per heavy atom. The van der Waals surface area contributed by atoms with Gasteiger partial charge in [-0.15, -0.1) is 0 Å². The molecule has 0 amide bonds. The molecule has 0 aliphatic carbocycles. The molecule has 0 saturated carbocycles. The zero-order chi connectivity index (χ0) is 9.61. The average molecular weight is 214 g/mol. The Morgan fingerprint density at radius 3 is 2.67 bits per heavy atom. The number of nitrogens with two attached hydrogens (primary N) is 1. The van der Waals surface area contributed by atoms with E-state index >= 15 is 0 Å². The molecule has 74 valence electrons. The van der Waals surface area contributed by atoms with Crippen molar-refractivity contribution in [2.75, 3.05) is 18.8 Å². The summed E-state index contributed by atoms with van der Waals surface area (Å²) in [7, 11) is 0. The Kier molecular flexibility index (Phi) is 6.17. The van der Waals surface area contributed by atoms with Crippen LogP contribution in [-0.2, 0) is 4.57 Å². The highest BCUT2D eigenvalue weighted by atomic mass is 32.7. The van der Waals surface area contributed by atoms with Crippen LogP contribution >= 0.6 is 18.2 Å². The van der Waals surface area contributed by atoms with E-state index in [2.05, 4.69) is 5.32 Å². The van der Waals surface area contributed by atoms with Crippen LogP contribution in [-0.4, -0.2) is 34.7 Å². The summed E-state index contributed by atoms with van der Waals surface area (Å²) in [5, 5.41) is 2.97. The van der Waals surface area contributed by atoms with Gasteiger partial charge in [-0.2, -0.15) is 0 Å². The van der Waals surface area contributed by atoms with Crippen LogP contribution in [0.4, 0.5) is 0 Å². The van der Waals surface area contributed by atoms with Crippen LogP contribution in [0.3, 0.4) is 0 Å². The fourth-order valence-electron chi connectivity index (χ4n) is 0.566. The van der Waals surface area contributed by atoms with Gasteiger partial charge < -0.3 is 20.8 Å². The molecule has 5 N–H and O–H groups in total. The zero-order valence-corrected chi connectivity index (χ0v) is 8.65. The molecule has 0 fully saturated rings. The highest BCUT2D eigenvalue weighted by molar-refractivity contribution is 8.54. The Balaban J connectivity index is 3.17. The Hall–Kier alpha value is 0.420. The summed E-state index contributed by atoms with van der Waals surface area (Å²) < 4.78 is 10.3. The third kappa shape index (κ3) is 10.4. The average Bonchev–Trinajstić information content (AvgIpc) is 1.83. The van der Waals surface area contributed by atoms with Crippen molar-refractivity contribution in [1.29, 1.82) is 0 Å². The standard InChI is InChI=1S/C5H15N2O3PS/c1-5(6)4-7-2-3-12-11(8,9)10/h5,7H,2-4,6H2,1H3,(H2,8,9,10). The maximum absolute atomic E-state index is 10.3. The monoisotopic (exact) mass is 214 g/mol. The highest BCUT2D eigenvalue weighted by Crippen LogP contribution is 2.49. The van der Waals surface area contributed by atoms with E-state index in [0.29, 0.717) is 30.2 Å². The van der Waals surface area contributed by atoms with Crippen LogP contribution in [0.5, 0.6) is 0 Å². The SMILES string of the molecule is CC(N)CNCCSP(=O)(O)O. The van der Waals surface area contributed by atoms with E-state index in [-0.39, 0.29) is 6.04 Å². The molecule has 0 aromatic carbocycles. The van der Waals surface area contributed by atoms with Crippen molar-refractivity contribution in [3.63, 3.8) is 0 Å². The third-order valence-corrected chi connectivity index (χ3v) is 3.28. The first kappa shape index (κ1) is 12.4. The van der Waals surface area contributed by atoms with Crippen LogP contribution < -0.4 is 11.1 Å². The van der Waals surface area contributed by atoms with Crippen molar-refractivity contribution < 1.29 is 14.4 Å². The summed E-state index contributed by atoms with van der Waals surface area (Å²) in [6, 6.07) is 0.0741. The highest BCUT2D eigenvalue weighted by Gasteiger charge is 2.11. The minimum atomic E-state index is -3.88. The fraction of sp³-hybridized carbons (Fsp3) is 1.00. The summed E-state index contributed by atoms with van der Waals surface area (Å²) in [6.45, 7) is -0.785. The number of hydrogen-bond acceptors (Lipinski definition) is 4. The topological polar surface area (TPSA) is 95.6 Å². The molecule has 0 aromatic heterocycles. The van der Waals surface area contributed by atoms with Crippen molar-refractivity contribution in [3.05, 3.63) is 0 Å². The lowest BCUT2D eigenvalue weighted by Gasteiger charge is -2.07. The van der Waals surface area contributed by atoms with Crippen molar-refractivity contribution in [3.8, 4) is 0 Å². The normalized spacial score (nSPS) is 14.7. The van der Waals surface area contributed by atoms with Crippen LogP contribution in [0.1, 0.15) is 6.92 Å². The van der Waals surface area contributed by atoms with E-state index in [1.165, 1.54) is 0 Å². The maximum atomic E-state index is 10.3. The fourth-order valence-corrected chi connectivity index (χ4v) is 2.03. The second-order valence-corrected chi connectivity index (χ2v) is 6.35. The summed E-state index contributed by atoms with van der Waals surface area (Å²) in [4.78, 5) is 16.9. The molecule has 12 heavy (non-hydrogen) atoms. The Labute approximate surface area is 76.0 Å². The summed E-state index contributed by atoms with van der Waals surface area (Å²) in [5.74, 6) is 0.400. The number of nitrogens with one attached hydrogen (secondary N) is 1.